The summed E-state index contributed by atoms with van der Waals surface area (Å²) in [4.78, 5) is 22.9. The topological polar surface area (TPSA) is 124 Å². The molecule has 0 aromatic rings. The van der Waals surface area contributed by atoms with E-state index in [0.29, 0.717) is 12.8 Å². The highest BCUT2D eigenvalue weighted by Gasteiger charge is 2.31. The molecule has 122 valence electrons. The fourth-order valence-electron chi connectivity index (χ4n) is 2.25. The molecule has 3 N–H and O–H groups in total. The third-order valence-electron chi connectivity index (χ3n) is 3.62. The molecule has 1 atom stereocenters. The van der Waals surface area contributed by atoms with Crippen LogP contribution in [0.1, 0.15) is 26.2 Å². The zero-order valence-corrected chi connectivity index (χ0v) is 12.8. The van der Waals surface area contributed by atoms with E-state index in [-0.39, 0.29) is 31.9 Å². The summed E-state index contributed by atoms with van der Waals surface area (Å²) in [7, 11) is -3.24. The van der Waals surface area contributed by atoms with Gasteiger partial charge in [0.25, 0.3) is 0 Å². The number of aliphatic hydroxyl groups is 1. The molecular formula is C12H22N2O6S. The third-order valence-corrected chi connectivity index (χ3v) is 5.50. The van der Waals surface area contributed by atoms with Gasteiger partial charge in [0.15, 0.2) is 0 Å². The average molecular weight is 322 g/mol. The van der Waals surface area contributed by atoms with Crippen molar-refractivity contribution >= 4 is 21.9 Å². The molecule has 1 amide bonds. The van der Waals surface area contributed by atoms with E-state index in [4.69, 9.17) is 10.2 Å². The van der Waals surface area contributed by atoms with E-state index in [1.807, 2.05) is 0 Å². The molecule has 1 heterocycles. The average Bonchev–Trinajstić information content (AvgIpc) is 2.46. The Morgan fingerprint density at radius 2 is 1.90 bits per heavy atom. The maximum atomic E-state index is 12.0. The molecule has 1 fully saturated rings. The van der Waals surface area contributed by atoms with Crippen LogP contribution in [0, 0.1) is 5.92 Å². The fraction of sp³-hybridized carbons (Fsp3) is 0.833. The van der Waals surface area contributed by atoms with Crippen LogP contribution in [0.15, 0.2) is 0 Å². The van der Waals surface area contributed by atoms with Gasteiger partial charge in [-0.05, 0) is 19.8 Å². The highest BCUT2D eigenvalue weighted by molar-refractivity contribution is 7.89. The first-order valence-electron chi connectivity index (χ1n) is 6.93. The molecule has 21 heavy (non-hydrogen) atoms. The first-order chi connectivity index (χ1) is 9.81. The molecule has 0 spiro atoms. The van der Waals surface area contributed by atoms with Crippen molar-refractivity contribution in [3.8, 4) is 0 Å². The predicted octanol–water partition coefficient (Wildman–Crippen LogP) is -1.00. The lowest BCUT2D eigenvalue weighted by Crippen LogP contribution is -2.48. The number of nitrogens with zero attached hydrogens (tertiary/aromatic N) is 1. The van der Waals surface area contributed by atoms with Crippen molar-refractivity contribution < 1.29 is 28.2 Å². The Kier molecular flexibility index (Phi) is 6.56. The van der Waals surface area contributed by atoms with Gasteiger partial charge in [-0.3, -0.25) is 4.79 Å². The lowest BCUT2D eigenvalue weighted by molar-refractivity contribution is -0.143. The van der Waals surface area contributed by atoms with E-state index in [2.05, 4.69) is 5.32 Å². The summed E-state index contributed by atoms with van der Waals surface area (Å²) in [5.41, 5.74) is 0. The Balaban J connectivity index is 2.54. The molecule has 1 aliphatic heterocycles. The number of rotatable bonds is 7. The fourth-order valence-corrected chi connectivity index (χ4v) is 3.39. The molecule has 1 unspecified atom stereocenters. The van der Waals surface area contributed by atoms with Gasteiger partial charge in [0.05, 0.1) is 5.75 Å². The quantitative estimate of drug-likeness (QED) is 0.552. The number of carbonyl (C=O) groups is 2. The second-order valence-corrected chi connectivity index (χ2v) is 7.24. The van der Waals surface area contributed by atoms with Gasteiger partial charge in [0.2, 0.25) is 15.9 Å². The minimum atomic E-state index is -3.24. The number of aliphatic carboxylic acids is 1. The number of sulfonamides is 1. The number of hydrogen-bond acceptors (Lipinski definition) is 5. The van der Waals surface area contributed by atoms with Gasteiger partial charge in [0.1, 0.15) is 6.04 Å². The standard InChI is InChI=1S/C12H22N2O6S/c1-2-21(19,20)14-6-3-9(4-7-14)11(16)13-10(5-8-15)12(17)18/h9-10,15H,2-8H2,1H3,(H,13,16)(H,17,18). The molecule has 0 saturated carbocycles. The van der Waals surface area contributed by atoms with Gasteiger partial charge < -0.3 is 15.5 Å². The zero-order chi connectivity index (χ0) is 16.0. The molecular weight excluding hydrogens is 300 g/mol. The molecule has 8 nitrogen and oxygen atoms in total. The summed E-state index contributed by atoms with van der Waals surface area (Å²) in [5.74, 6) is -1.96. The van der Waals surface area contributed by atoms with Crippen molar-refractivity contribution in [3.63, 3.8) is 0 Å². The molecule has 0 radical (unpaired) electrons. The van der Waals surface area contributed by atoms with Crippen LogP contribution in [0.4, 0.5) is 0 Å². The Morgan fingerprint density at radius 1 is 1.33 bits per heavy atom. The number of carboxylic acids is 1. The first kappa shape index (κ1) is 17.9. The molecule has 9 heteroatoms. The maximum Gasteiger partial charge on any atom is 0.326 e. The van der Waals surface area contributed by atoms with Crippen molar-refractivity contribution in [3.05, 3.63) is 0 Å². The highest BCUT2D eigenvalue weighted by atomic mass is 32.2. The molecule has 0 aromatic carbocycles. The normalized spacial score (nSPS) is 19.1. The van der Waals surface area contributed by atoms with Gasteiger partial charge >= 0.3 is 5.97 Å². The minimum Gasteiger partial charge on any atom is -0.480 e. The summed E-state index contributed by atoms with van der Waals surface area (Å²) < 4.78 is 24.8. The zero-order valence-electron chi connectivity index (χ0n) is 12.0. The van der Waals surface area contributed by atoms with Crippen molar-refractivity contribution in [1.82, 2.24) is 9.62 Å². The number of piperidine rings is 1. The molecule has 0 bridgehead atoms. The first-order valence-corrected chi connectivity index (χ1v) is 8.54. The van der Waals surface area contributed by atoms with Gasteiger partial charge in [-0.15, -0.1) is 0 Å². The van der Waals surface area contributed by atoms with Gasteiger partial charge in [-0.1, -0.05) is 0 Å². The van der Waals surface area contributed by atoms with Crippen LogP contribution in [0.25, 0.3) is 0 Å². The smallest absolute Gasteiger partial charge is 0.326 e. The van der Waals surface area contributed by atoms with Crippen LogP contribution < -0.4 is 5.32 Å². The van der Waals surface area contributed by atoms with E-state index < -0.39 is 33.9 Å². The SMILES string of the molecule is CCS(=O)(=O)N1CCC(C(=O)NC(CCO)C(=O)O)CC1. The van der Waals surface area contributed by atoms with Crippen LogP contribution in [0.5, 0.6) is 0 Å². The molecule has 1 rings (SSSR count). The second kappa shape index (κ2) is 7.71. The maximum absolute atomic E-state index is 12.0. The Bertz CT molecular complexity index is 470. The second-order valence-electron chi connectivity index (χ2n) is 4.99. The molecule has 1 saturated heterocycles. The minimum absolute atomic E-state index is 0.0292. The summed E-state index contributed by atoms with van der Waals surface area (Å²) in [6.07, 6.45) is 0.692. The number of amides is 1. The van der Waals surface area contributed by atoms with Crippen molar-refractivity contribution in [2.45, 2.75) is 32.2 Å². The number of carbonyl (C=O) groups excluding carboxylic acids is 1. The van der Waals surface area contributed by atoms with Crippen molar-refractivity contribution in [1.29, 1.82) is 0 Å². The summed E-state index contributed by atoms with van der Waals surface area (Å²) in [6.45, 7) is 1.78. The highest BCUT2D eigenvalue weighted by Crippen LogP contribution is 2.20. The molecule has 0 aliphatic carbocycles. The van der Waals surface area contributed by atoms with Gasteiger partial charge in [-0.2, -0.15) is 0 Å². The lowest BCUT2D eigenvalue weighted by Gasteiger charge is -2.30. The van der Waals surface area contributed by atoms with Crippen LogP contribution in [0.2, 0.25) is 0 Å². The number of aliphatic hydroxyl groups excluding tert-OH is 1. The predicted molar refractivity (Wildman–Crippen MR) is 75.0 cm³/mol. The Morgan fingerprint density at radius 3 is 2.33 bits per heavy atom. The summed E-state index contributed by atoms with van der Waals surface area (Å²) in [5, 5.41) is 20.1. The van der Waals surface area contributed by atoms with E-state index in [9.17, 15) is 18.0 Å². The lowest BCUT2D eigenvalue weighted by atomic mass is 9.96. The third kappa shape index (κ3) is 4.94. The van der Waals surface area contributed by atoms with E-state index in [1.165, 1.54) is 4.31 Å². The number of hydrogen-bond donors (Lipinski definition) is 3. The van der Waals surface area contributed by atoms with Gasteiger partial charge in [0, 0.05) is 32.0 Å². The molecule has 1 aliphatic rings. The van der Waals surface area contributed by atoms with Crippen molar-refractivity contribution in [2.24, 2.45) is 5.92 Å². The summed E-state index contributed by atoms with van der Waals surface area (Å²) in [6, 6.07) is -1.11. The largest absolute Gasteiger partial charge is 0.480 e. The van der Waals surface area contributed by atoms with Crippen LogP contribution in [-0.2, 0) is 19.6 Å². The monoisotopic (exact) mass is 322 g/mol. The van der Waals surface area contributed by atoms with E-state index in [1.54, 1.807) is 6.92 Å². The summed E-state index contributed by atoms with van der Waals surface area (Å²) >= 11 is 0. The van der Waals surface area contributed by atoms with Crippen molar-refractivity contribution in [2.75, 3.05) is 25.4 Å². The van der Waals surface area contributed by atoms with Crippen LogP contribution in [0.3, 0.4) is 0 Å². The van der Waals surface area contributed by atoms with Crippen LogP contribution >= 0.6 is 0 Å². The molecule has 0 aromatic heterocycles. The Labute approximate surface area is 124 Å². The van der Waals surface area contributed by atoms with E-state index in [0.717, 1.165) is 0 Å². The van der Waals surface area contributed by atoms with Gasteiger partial charge in [-0.25, -0.2) is 17.5 Å². The van der Waals surface area contributed by atoms with Crippen LogP contribution in [-0.4, -0.2) is 66.3 Å². The Hall–Kier alpha value is -1.19. The van der Waals surface area contributed by atoms with E-state index >= 15 is 0 Å². The number of nitrogens with one attached hydrogen (secondary N) is 1. The number of carboxylic acid groups (broad SMARTS) is 1.